The molecule has 1 aromatic carbocycles. The second-order valence-corrected chi connectivity index (χ2v) is 5.39. The number of nitrogens with zero attached hydrogens (tertiary/aromatic N) is 3. The third-order valence-corrected chi connectivity index (χ3v) is 2.79. The smallest absolute Gasteiger partial charge is 0.271 e. The average molecular weight is 260 g/mol. The van der Waals surface area contributed by atoms with Crippen molar-refractivity contribution in [1.82, 2.24) is 9.78 Å². The number of non-ortho nitro benzene ring substituents is 1. The number of nitrogen functional groups attached to an aromatic ring is 1. The summed E-state index contributed by atoms with van der Waals surface area (Å²) in [6.45, 7) is 6.10. The number of benzene rings is 1. The number of nitro groups is 1. The summed E-state index contributed by atoms with van der Waals surface area (Å²) in [6, 6.07) is 8.04. The van der Waals surface area contributed by atoms with Crippen molar-refractivity contribution in [3.8, 4) is 5.69 Å². The third kappa shape index (κ3) is 2.57. The molecule has 0 saturated carbocycles. The van der Waals surface area contributed by atoms with Gasteiger partial charge in [-0.2, -0.15) is 5.10 Å². The van der Waals surface area contributed by atoms with Gasteiger partial charge in [0.1, 0.15) is 5.82 Å². The van der Waals surface area contributed by atoms with Gasteiger partial charge in [-0.05, 0) is 6.07 Å². The molecule has 19 heavy (non-hydrogen) atoms. The van der Waals surface area contributed by atoms with Crippen molar-refractivity contribution in [2.75, 3.05) is 5.73 Å². The van der Waals surface area contributed by atoms with Crippen LogP contribution >= 0.6 is 0 Å². The molecule has 2 aromatic rings. The quantitative estimate of drug-likeness (QED) is 0.664. The lowest BCUT2D eigenvalue weighted by atomic mass is 9.92. The zero-order valence-electron chi connectivity index (χ0n) is 11.1. The van der Waals surface area contributed by atoms with Crippen LogP contribution in [-0.2, 0) is 5.41 Å². The van der Waals surface area contributed by atoms with Gasteiger partial charge in [0.05, 0.1) is 16.3 Å². The normalized spacial score (nSPS) is 11.5. The lowest BCUT2D eigenvalue weighted by Gasteiger charge is -2.14. The minimum Gasteiger partial charge on any atom is -0.384 e. The van der Waals surface area contributed by atoms with Gasteiger partial charge in [0.25, 0.3) is 5.69 Å². The largest absolute Gasteiger partial charge is 0.384 e. The fourth-order valence-electron chi connectivity index (χ4n) is 1.71. The van der Waals surface area contributed by atoms with Crippen LogP contribution in [0.3, 0.4) is 0 Å². The summed E-state index contributed by atoms with van der Waals surface area (Å²) in [5.41, 5.74) is 7.25. The number of hydrogen-bond donors (Lipinski definition) is 1. The molecular weight excluding hydrogens is 244 g/mol. The summed E-state index contributed by atoms with van der Waals surface area (Å²) >= 11 is 0. The van der Waals surface area contributed by atoms with E-state index >= 15 is 0 Å². The molecule has 6 nitrogen and oxygen atoms in total. The van der Waals surface area contributed by atoms with Crippen molar-refractivity contribution < 1.29 is 4.92 Å². The van der Waals surface area contributed by atoms with E-state index in [1.807, 2.05) is 20.8 Å². The Kier molecular flexibility index (Phi) is 3.01. The Morgan fingerprint density at radius 2 is 2.00 bits per heavy atom. The second kappa shape index (κ2) is 4.38. The first-order valence-electron chi connectivity index (χ1n) is 5.90. The Morgan fingerprint density at radius 1 is 1.32 bits per heavy atom. The summed E-state index contributed by atoms with van der Waals surface area (Å²) in [6.07, 6.45) is 0. The molecule has 0 aliphatic rings. The van der Waals surface area contributed by atoms with E-state index in [0.717, 1.165) is 5.69 Å². The lowest BCUT2D eigenvalue weighted by molar-refractivity contribution is -0.384. The van der Waals surface area contributed by atoms with E-state index < -0.39 is 4.92 Å². The van der Waals surface area contributed by atoms with Gasteiger partial charge in [-0.3, -0.25) is 10.1 Å². The van der Waals surface area contributed by atoms with E-state index in [2.05, 4.69) is 5.10 Å². The van der Waals surface area contributed by atoms with Crippen LogP contribution in [0.2, 0.25) is 0 Å². The predicted molar refractivity (Wildman–Crippen MR) is 73.3 cm³/mol. The molecule has 2 rings (SSSR count). The number of hydrogen-bond acceptors (Lipinski definition) is 4. The topological polar surface area (TPSA) is 87.0 Å². The molecule has 0 saturated heterocycles. The standard InChI is InChI=1S/C13H16N4O2/c1-13(2,3)11-8-12(14)16(15-11)9-5-4-6-10(7-9)17(18)19/h4-8H,14H2,1-3H3. The molecule has 0 aliphatic carbocycles. The van der Waals surface area contributed by atoms with Crippen molar-refractivity contribution >= 4 is 11.5 Å². The minimum atomic E-state index is -0.437. The Morgan fingerprint density at radius 3 is 2.53 bits per heavy atom. The molecule has 2 N–H and O–H groups in total. The van der Waals surface area contributed by atoms with Crippen LogP contribution in [0.4, 0.5) is 11.5 Å². The molecule has 1 heterocycles. The summed E-state index contributed by atoms with van der Waals surface area (Å²) in [5, 5.41) is 15.2. The van der Waals surface area contributed by atoms with Crippen LogP contribution in [-0.4, -0.2) is 14.7 Å². The van der Waals surface area contributed by atoms with E-state index in [-0.39, 0.29) is 11.1 Å². The number of aromatic nitrogens is 2. The molecule has 0 aliphatic heterocycles. The summed E-state index contributed by atoms with van der Waals surface area (Å²) < 4.78 is 1.52. The highest BCUT2D eigenvalue weighted by Gasteiger charge is 2.20. The molecule has 100 valence electrons. The van der Waals surface area contributed by atoms with Crippen LogP contribution in [0, 0.1) is 10.1 Å². The molecule has 0 fully saturated rings. The SMILES string of the molecule is CC(C)(C)c1cc(N)n(-c2cccc([N+](=O)[O-])c2)n1. The monoisotopic (exact) mass is 260 g/mol. The molecule has 0 unspecified atom stereocenters. The number of nitrogens with two attached hydrogens (primary N) is 1. The first-order chi connectivity index (χ1) is 8.79. The number of anilines is 1. The van der Waals surface area contributed by atoms with Crippen LogP contribution in [0.1, 0.15) is 26.5 Å². The first kappa shape index (κ1) is 13.1. The Balaban J connectivity index is 2.50. The fourth-order valence-corrected chi connectivity index (χ4v) is 1.71. The second-order valence-electron chi connectivity index (χ2n) is 5.39. The molecular formula is C13H16N4O2. The lowest BCUT2D eigenvalue weighted by Crippen LogP contribution is -2.12. The molecule has 1 aromatic heterocycles. The number of rotatable bonds is 2. The van der Waals surface area contributed by atoms with E-state index in [1.54, 1.807) is 18.2 Å². The summed E-state index contributed by atoms with van der Waals surface area (Å²) in [7, 11) is 0. The van der Waals surface area contributed by atoms with Gasteiger partial charge in [0.15, 0.2) is 0 Å². The summed E-state index contributed by atoms with van der Waals surface area (Å²) in [4.78, 5) is 10.3. The van der Waals surface area contributed by atoms with Gasteiger partial charge in [-0.15, -0.1) is 0 Å². The van der Waals surface area contributed by atoms with Crippen LogP contribution in [0.5, 0.6) is 0 Å². The highest BCUT2D eigenvalue weighted by atomic mass is 16.6. The maximum Gasteiger partial charge on any atom is 0.271 e. The maximum atomic E-state index is 10.8. The van der Waals surface area contributed by atoms with Gasteiger partial charge < -0.3 is 5.73 Å². The highest BCUT2D eigenvalue weighted by molar-refractivity contribution is 5.48. The van der Waals surface area contributed by atoms with Crippen molar-refractivity contribution in [3.05, 3.63) is 46.1 Å². The van der Waals surface area contributed by atoms with E-state index in [4.69, 9.17) is 5.73 Å². The zero-order valence-corrected chi connectivity index (χ0v) is 11.1. The van der Waals surface area contributed by atoms with Crippen LogP contribution < -0.4 is 5.73 Å². The number of nitro benzene ring substituents is 1. The van der Waals surface area contributed by atoms with E-state index in [1.165, 1.54) is 16.8 Å². The van der Waals surface area contributed by atoms with Gasteiger partial charge >= 0.3 is 0 Å². The summed E-state index contributed by atoms with van der Waals surface area (Å²) in [5.74, 6) is 0.463. The average Bonchev–Trinajstić information content (AvgIpc) is 2.71. The van der Waals surface area contributed by atoms with Crippen LogP contribution in [0.25, 0.3) is 5.69 Å². The predicted octanol–water partition coefficient (Wildman–Crippen LogP) is 2.66. The van der Waals surface area contributed by atoms with Crippen molar-refractivity contribution in [2.45, 2.75) is 26.2 Å². The molecule has 0 spiro atoms. The first-order valence-corrected chi connectivity index (χ1v) is 5.90. The van der Waals surface area contributed by atoms with E-state index in [0.29, 0.717) is 11.5 Å². The van der Waals surface area contributed by atoms with Gasteiger partial charge in [0.2, 0.25) is 0 Å². The molecule has 6 heteroatoms. The zero-order chi connectivity index (χ0) is 14.2. The van der Waals surface area contributed by atoms with Gasteiger partial charge in [0, 0.05) is 23.6 Å². The van der Waals surface area contributed by atoms with Crippen molar-refractivity contribution in [2.24, 2.45) is 0 Å². The van der Waals surface area contributed by atoms with Crippen LogP contribution in [0.15, 0.2) is 30.3 Å². The maximum absolute atomic E-state index is 10.8. The third-order valence-electron chi connectivity index (χ3n) is 2.79. The molecule has 0 bridgehead atoms. The van der Waals surface area contributed by atoms with E-state index in [9.17, 15) is 10.1 Å². The molecule has 0 amide bonds. The minimum absolute atomic E-state index is 0.0182. The highest BCUT2D eigenvalue weighted by Crippen LogP contribution is 2.25. The van der Waals surface area contributed by atoms with Crippen molar-refractivity contribution in [3.63, 3.8) is 0 Å². The molecule has 0 atom stereocenters. The Hall–Kier alpha value is -2.37. The van der Waals surface area contributed by atoms with Crippen molar-refractivity contribution in [1.29, 1.82) is 0 Å². The van der Waals surface area contributed by atoms with Gasteiger partial charge in [-0.1, -0.05) is 26.8 Å². The molecule has 0 radical (unpaired) electrons. The Bertz CT molecular complexity index is 626. The fraction of sp³-hybridized carbons (Fsp3) is 0.308. The van der Waals surface area contributed by atoms with Gasteiger partial charge in [-0.25, -0.2) is 4.68 Å². The Labute approximate surface area is 111 Å².